The van der Waals surface area contributed by atoms with Crippen LogP contribution >= 0.6 is 11.8 Å². The van der Waals surface area contributed by atoms with Crippen molar-refractivity contribution in [3.05, 3.63) is 53.7 Å². The molecule has 8 nitrogen and oxygen atoms in total. The molecule has 158 valence electrons. The first-order valence-corrected chi connectivity index (χ1v) is 10.4. The number of amides is 2. The Bertz CT molecular complexity index is 900. The number of benzene rings is 1. The van der Waals surface area contributed by atoms with Gasteiger partial charge >= 0.3 is 0 Å². The SMILES string of the molecule is CCOc1ccc(/C(C)=N/OCCOc2ccc(CC3SC(=O)NC3=O)cc2)cn1. The molecule has 0 saturated carbocycles. The lowest BCUT2D eigenvalue weighted by Gasteiger charge is -2.08. The molecule has 1 aliphatic rings. The summed E-state index contributed by atoms with van der Waals surface area (Å²) in [6.45, 7) is 4.96. The van der Waals surface area contributed by atoms with Gasteiger partial charge in [0.05, 0.1) is 17.6 Å². The lowest BCUT2D eigenvalue weighted by atomic mass is 10.1. The van der Waals surface area contributed by atoms with E-state index in [2.05, 4.69) is 15.5 Å². The summed E-state index contributed by atoms with van der Waals surface area (Å²) in [6, 6.07) is 11.1. The van der Waals surface area contributed by atoms with Crippen LogP contribution in [0, 0.1) is 0 Å². The summed E-state index contributed by atoms with van der Waals surface area (Å²) in [5.41, 5.74) is 2.53. The fourth-order valence-corrected chi connectivity index (χ4v) is 3.54. The molecule has 2 amide bonds. The topological polar surface area (TPSA) is 99.1 Å². The first-order chi connectivity index (χ1) is 14.5. The molecule has 30 heavy (non-hydrogen) atoms. The summed E-state index contributed by atoms with van der Waals surface area (Å²) >= 11 is 1.03. The zero-order valence-electron chi connectivity index (χ0n) is 16.8. The molecule has 9 heteroatoms. The Hall–Kier alpha value is -3.07. The van der Waals surface area contributed by atoms with Crippen LogP contribution in [0.5, 0.6) is 11.6 Å². The second-order valence-electron chi connectivity index (χ2n) is 6.41. The van der Waals surface area contributed by atoms with Gasteiger partial charge in [0.15, 0.2) is 6.61 Å². The number of ether oxygens (including phenoxy) is 2. The number of aromatic nitrogens is 1. The minimum Gasteiger partial charge on any atom is -0.490 e. The van der Waals surface area contributed by atoms with Gasteiger partial charge in [-0.3, -0.25) is 14.9 Å². The molecule has 0 bridgehead atoms. The van der Waals surface area contributed by atoms with E-state index in [1.807, 2.05) is 44.2 Å². The van der Waals surface area contributed by atoms with E-state index in [9.17, 15) is 9.59 Å². The molecule has 1 unspecified atom stereocenters. The summed E-state index contributed by atoms with van der Waals surface area (Å²) < 4.78 is 11.0. The molecule has 1 aliphatic heterocycles. The average Bonchev–Trinajstić information content (AvgIpc) is 3.06. The molecule has 2 aromatic rings. The third-order valence-electron chi connectivity index (χ3n) is 4.20. The van der Waals surface area contributed by atoms with E-state index in [1.165, 1.54) is 0 Å². The second kappa shape index (κ2) is 10.6. The quantitative estimate of drug-likeness (QED) is 0.352. The maximum atomic E-state index is 11.6. The van der Waals surface area contributed by atoms with Gasteiger partial charge in [0.2, 0.25) is 11.8 Å². The van der Waals surface area contributed by atoms with Gasteiger partial charge in [-0.15, -0.1) is 0 Å². The molecule has 1 fully saturated rings. The van der Waals surface area contributed by atoms with E-state index in [4.69, 9.17) is 14.3 Å². The number of hydrogen-bond acceptors (Lipinski definition) is 8. The molecule has 0 radical (unpaired) electrons. The third-order valence-corrected chi connectivity index (χ3v) is 5.18. The third kappa shape index (κ3) is 6.21. The largest absolute Gasteiger partial charge is 0.490 e. The number of imide groups is 1. The van der Waals surface area contributed by atoms with Gasteiger partial charge in [0, 0.05) is 17.8 Å². The van der Waals surface area contributed by atoms with Crippen molar-refractivity contribution in [2.45, 2.75) is 25.5 Å². The van der Waals surface area contributed by atoms with Crippen molar-refractivity contribution >= 4 is 28.6 Å². The summed E-state index contributed by atoms with van der Waals surface area (Å²) in [7, 11) is 0. The van der Waals surface area contributed by atoms with Crippen LogP contribution in [0.15, 0.2) is 47.8 Å². The van der Waals surface area contributed by atoms with Gasteiger partial charge in [-0.25, -0.2) is 4.98 Å². The van der Waals surface area contributed by atoms with Crippen molar-refractivity contribution in [1.29, 1.82) is 0 Å². The number of nitrogens with zero attached hydrogens (tertiary/aromatic N) is 2. The molecule has 0 spiro atoms. The van der Waals surface area contributed by atoms with Crippen LogP contribution in [-0.2, 0) is 16.1 Å². The van der Waals surface area contributed by atoms with Crippen molar-refractivity contribution in [3.8, 4) is 11.6 Å². The van der Waals surface area contributed by atoms with Crippen LogP contribution in [-0.4, -0.2) is 46.9 Å². The maximum Gasteiger partial charge on any atom is 0.286 e. The lowest BCUT2D eigenvalue weighted by Crippen LogP contribution is -2.25. The average molecular weight is 429 g/mol. The van der Waals surface area contributed by atoms with Crippen molar-refractivity contribution in [2.75, 3.05) is 19.8 Å². The number of oxime groups is 1. The van der Waals surface area contributed by atoms with Gasteiger partial charge in [0.25, 0.3) is 5.24 Å². The molecule has 1 N–H and O–H groups in total. The Labute approximate surface area is 179 Å². The van der Waals surface area contributed by atoms with E-state index in [0.29, 0.717) is 43.6 Å². The van der Waals surface area contributed by atoms with Gasteiger partial charge in [-0.05, 0) is 44.0 Å². The fraction of sp³-hybridized carbons (Fsp3) is 0.333. The van der Waals surface area contributed by atoms with E-state index in [-0.39, 0.29) is 16.4 Å². The van der Waals surface area contributed by atoms with Gasteiger partial charge < -0.3 is 14.3 Å². The van der Waals surface area contributed by atoms with Crippen LogP contribution in [0.4, 0.5) is 4.79 Å². The van der Waals surface area contributed by atoms with Crippen LogP contribution in [0.1, 0.15) is 25.0 Å². The molecule has 1 aromatic carbocycles. The van der Waals surface area contributed by atoms with Crippen LogP contribution < -0.4 is 14.8 Å². The molecular formula is C21H23N3O5S. The summed E-state index contributed by atoms with van der Waals surface area (Å²) in [4.78, 5) is 32.4. The summed E-state index contributed by atoms with van der Waals surface area (Å²) in [5, 5.41) is 5.70. The Morgan fingerprint density at radius 1 is 1.13 bits per heavy atom. The molecule has 1 saturated heterocycles. The molecule has 1 atom stereocenters. The Morgan fingerprint density at radius 3 is 2.57 bits per heavy atom. The first-order valence-electron chi connectivity index (χ1n) is 9.54. The van der Waals surface area contributed by atoms with E-state index in [0.717, 1.165) is 22.9 Å². The minimum absolute atomic E-state index is 0.237. The molecule has 3 rings (SSSR count). The lowest BCUT2D eigenvalue weighted by molar-refractivity contribution is -0.118. The number of carbonyl (C=O) groups is 2. The fourth-order valence-electron chi connectivity index (χ4n) is 2.68. The number of rotatable bonds is 10. The highest BCUT2D eigenvalue weighted by atomic mass is 32.2. The molecule has 0 aliphatic carbocycles. The minimum atomic E-state index is -0.371. The van der Waals surface area contributed by atoms with E-state index < -0.39 is 0 Å². The van der Waals surface area contributed by atoms with E-state index >= 15 is 0 Å². The van der Waals surface area contributed by atoms with E-state index in [1.54, 1.807) is 12.3 Å². The normalized spacial score (nSPS) is 16.3. The predicted molar refractivity (Wildman–Crippen MR) is 114 cm³/mol. The summed E-state index contributed by atoms with van der Waals surface area (Å²) in [5.74, 6) is 1.03. The monoisotopic (exact) mass is 429 g/mol. The van der Waals surface area contributed by atoms with Gasteiger partial charge in [-0.2, -0.15) is 0 Å². The van der Waals surface area contributed by atoms with Crippen molar-refractivity contribution in [3.63, 3.8) is 0 Å². The number of nitrogens with one attached hydrogen (secondary N) is 1. The van der Waals surface area contributed by atoms with Crippen molar-refractivity contribution in [2.24, 2.45) is 5.16 Å². The first kappa shape index (κ1) is 21.6. The van der Waals surface area contributed by atoms with Gasteiger partial charge in [0.1, 0.15) is 12.4 Å². The number of carbonyl (C=O) groups excluding carboxylic acids is 2. The highest BCUT2D eigenvalue weighted by Crippen LogP contribution is 2.23. The molecule has 1 aromatic heterocycles. The molecular weight excluding hydrogens is 406 g/mol. The van der Waals surface area contributed by atoms with Crippen LogP contribution in [0.3, 0.4) is 0 Å². The van der Waals surface area contributed by atoms with Crippen molar-refractivity contribution < 1.29 is 23.9 Å². The number of pyridine rings is 1. The zero-order chi connectivity index (χ0) is 21.3. The Balaban J connectivity index is 1.39. The molecule has 2 heterocycles. The van der Waals surface area contributed by atoms with Crippen molar-refractivity contribution in [1.82, 2.24) is 10.3 Å². The zero-order valence-corrected chi connectivity index (χ0v) is 17.6. The maximum absolute atomic E-state index is 11.6. The highest BCUT2D eigenvalue weighted by molar-refractivity contribution is 8.15. The summed E-state index contributed by atoms with van der Waals surface area (Å²) in [6.07, 6.45) is 2.19. The Kier molecular flexibility index (Phi) is 7.67. The standard InChI is InChI=1S/C21H23N3O5S/c1-3-27-19-9-6-16(13-22-19)14(2)24-29-11-10-28-17-7-4-15(5-8-17)12-18-20(25)23-21(26)30-18/h4-9,13,18H,3,10-12H2,1-2H3,(H,23,25,26)/b24-14+. The number of hydrogen-bond donors (Lipinski definition) is 1. The number of thioether (sulfide) groups is 1. The predicted octanol–water partition coefficient (Wildman–Crippen LogP) is 3.19. The smallest absolute Gasteiger partial charge is 0.286 e. The van der Waals surface area contributed by atoms with Gasteiger partial charge in [-0.1, -0.05) is 29.1 Å². The Morgan fingerprint density at radius 2 is 1.93 bits per heavy atom. The second-order valence-corrected chi connectivity index (χ2v) is 7.58. The van der Waals surface area contributed by atoms with Crippen LogP contribution in [0.2, 0.25) is 0 Å². The highest BCUT2D eigenvalue weighted by Gasteiger charge is 2.31. The van der Waals surface area contributed by atoms with Crippen LogP contribution in [0.25, 0.3) is 0 Å².